The molecule has 0 saturated heterocycles. The fourth-order valence-electron chi connectivity index (χ4n) is 7.71. The van der Waals surface area contributed by atoms with Gasteiger partial charge in [-0.1, -0.05) is 146 Å². The number of fused-ring (bicyclic) bond motifs is 7. The Labute approximate surface area is 290 Å². The maximum Gasteiger partial charge on any atom is 0.138 e. The van der Waals surface area contributed by atoms with Crippen LogP contribution in [0.3, 0.4) is 0 Å². The summed E-state index contributed by atoms with van der Waals surface area (Å²) in [5.41, 5.74) is 12.4. The van der Waals surface area contributed by atoms with E-state index in [1.54, 1.807) is 0 Å². The maximum atomic E-state index is 5.49. The second kappa shape index (κ2) is 11.5. The van der Waals surface area contributed by atoms with Crippen LogP contribution in [0.2, 0.25) is 0 Å². The zero-order chi connectivity index (χ0) is 33.0. The molecule has 234 valence electrons. The van der Waals surface area contributed by atoms with Crippen LogP contribution in [0.1, 0.15) is 0 Å². The molecule has 0 amide bonds. The van der Waals surface area contributed by atoms with Gasteiger partial charge >= 0.3 is 0 Å². The molecule has 10 aromatic rings. The van der Waals surface area contributed by atoms with Crippen molar-refractivity contribution in [1.82, 2.24) is 14.1 Å². The van der Waals surface area contributed by atoms with Gasteiger partial charge in [-0.05, 0) is 64.7 Å². The first-order valence-corrected chi connectivity index (χ1v) is 17.1. The van der Waals surface area contributed by atoms with E-state index in [0.29, 0.717) is 0 Å². The average Bonchev–Trinajstić information content (AvgIpc) is 3.72. The van der Waals surface area contributed by atoms with Crippen molar-refractivity contribution in [3.8, 4) is 45.0 Å². The van der Waals surface area contributed by atoms with Crippen LogP contribution in [-0.2, 0) is 0 Å². The fourth-order valence-corrected chi connectivity index (χ4v) is 7.71. The normalized spacial score (nSPS) is 11.6. The Morgan fingerprint density at radius 2 is 0.900 bits per heavy atom. The molecule has 0 aliphatic rings. The van der Waals surface area contributed by atoms with E-state index in [-0.39, 0.29) is 0 Å². The molecule has 3 nitrogen and oxygen atoms in total. The summed E-state index contributed by atoms with van der Waals surface area (Å²) in [6, 6.07) is 67.2. The van der Waals surface area contributed by atoms with Crippen molar-refractivity contribution in [3.05, 3.63) is 188 Å². The van der Waals surface area contributed by atoms with Gasteiger partial charge in [0.25, 0.3) is 0 Å². The van der Waals surface area contributed by atoms with Gasteiger partial charge in [-0.3, -0.25) is 4.57 Å². The molecule has 0 aliphatic heterocycles. The minimum Gasteiger partial charge on any atom is -0.307 e. The number of aromatic nitrogens is 3. The summed E-state index contributed by atoms with van der Waals surface area (Å²) in [6.45, 7) is 0. The number of pyridine rings is 1. The third kappa shape index (κ3) is 4.41. The van der Waals surface area contributed by atoms with Crippen molar-refractivity contribution in [2.45, 2.75) is 0 Å². The molecule has 3 aromatic heterocycles. The third-order valence-corrected chi connectivity index (χ3v) is 9.89. The van der Waals surface area contributed by atoms with Crippen molar-refractivity contribution in [2.75, 3.05) is 0 Å². The second-order valence-corrected chi connectivity index (χ2v) is 12.8. The third-order valence-electron chi connectivity index (χ3n) is 9.89. The monoisotopic (exact) mass is 637 g/mol. The summed E-state index contributed by atoms with van der Waals surface area (Å²) < 4.78 is 4.85. The van der Waals surface area contributed by atoms with Crippen molar-refractivity contribution < 1.29 is 0 Å². The lowest BCUT2D eigenvalue weighted by atomic mass is 9.96. The van der Waals surface area contributed by atoms with Crippen LogP contribution in [0.25, 0.3) is 88.6 Å². The van der Waals surface area contributed by atoms with Crippen LogP contribution in [0, 0.1) is 0 Å². The summed E-state index contributed by atoms with van der Waals surface area (Å²) in [5, 5.41) is 4.84. The number of nitrogens with zero attached hydrogens (tertiary/aromatic N) is 3. The zero-order valence-corrected chi connectivity index (χ0v) is 27.2. The smallest absolute Gasteiger partial charge is 0.138 e. The van der Waals surface area contributed by atoms with Gasteiger partial charge in [0.1, 0.15) is 5.82 Å². The van der Waals surface area contributed by atoms with Gasteiger partial charge in [-0.25, -0.2) is 4.98 Å². The summed E-state index contributed by atoms with van der Waals surface area (Å²) in [6.07, 6.45) is 0. The first-order valence-electron chi connectivity index (χ1n) is 17.1. The van der Waals surface area contributed by atoms with Crippen molar-refractivity contribution in [2.24, 2.45) is 0 Å². The maximum absolute atomic E-state index is 5.49. The van der Waals surface area contributed by atoms with Crippen LogP contribution in [0.5, 0.6) is 0 Å². The van der Waals surface area contributed by atoms with Crippen LogP contribution >= 0.6 is 0 Å². The van der Waals surface area contributed by atoms with E-state index in [9.17, 15) is 0 Å². The molecule has 50 heavy (non-hydrogen) atoms. The van der Waals surface area contributed by atoms with Crippen molar-refractivity contribution in [3.63, 3.8) is 0 Å². The summed E-state index contributed by atoms with van der Waals surface area (Å²) >= 11 is 0. The Morgan fingerprint density at radius 1 is 0.360 bits per heavy atom. The van der Waals surface area contributed by atoms with Crippen molar-refractivity contribution >= 4 is 43.6 Å². The van der Waals surface area contributed by atoms with Crippen molar-refractivity contribution in [1.29, 1.82) is 0 Å². The molecule has 0 atom stereocenters. The Bertz CT molecular complexity index is 2770. The lowest BCUT2D eigenvalue weighted by Crippen LogP contribution is -2.02. The predicted molar refractivity (Wildman–Crippen MR) is 209 cm³/mol. The molecule has 0 fully saturated rings. The van der Waals surface area contributed by atoms with E-state index >= 15 is 0 Å². The highest BCUT2D eigenvalue weighted by atomic mass is 15.1. The Morgan fingerprint density at radius 3 is 1.58 bits per heavy atom. The number of hydrogen-bond donors (Lipinski definition) is 0. The Hall–Kier alpha value is -6.71. The van der Waals surface area contributed by atoms with Gasteiger partial charge in [0, 0.05) is 32.8 Å². The molecule has 0 saturated carbocycles. The lowest BCUT2D eigenvalue weighted by Gasteiger charge is -2.15. The molecule has 0 N–H and O–H groups in total. The number of benzene rings is 7. The molecule has 10 rings (SSSR count). The van der Waals surface area contributed by atoms with Crippen LogP contribution in [0.4, 0.5) is 0 Å². The molecule has 0 spiro atoms. The van der Waals surface area contributed by atoms with Crippen LogP contribution in [-0.4, -0.2) is 14.1 Å². The molecule has 0 aliphatic carbocycles. The van der Waals surface area contributed by atoms with Gasteiger partial charge in [-0.15, -0.1) is 0 Å². The highest BCUT2D eigenvalue weighted by molar-refractivity contribution is 6.28. The second-order valence-electron chi connectivity index (χ2n) is 12.8. The van der Waals surface area contributed by atoms with E-state index in [4.69, 9.17) is 4.98 Å². The summed E-state index contributed by atoms with van der Waals surface area (Å²) in [7, 11) is 0. The fraction of sp³-hybridized carbons (Fsp3) is 0. The summed E-state index contributed by atoms with van der Waals surface area (Å²) in [5.74, 6) is 0.882. The van der Waals surface area contributed by atoms with E-state index < -0.39 is 0 Å². The number of hydrogen-bond acceptors (Lipinski definition) is 1. The first kappa shape index (κ1) is 28.3. The van der Waals surface area contributed by atoms with E-state index in [1.165, 1.54) is 38.2 Å². The van der Waals surface area contributed by atoms with Gasteiger partial charge in [0.15, 0.2) is 0 Å². The minimum absolute atomic E-state index is 0.882. The first-order chi connectivity index (χ1) is 24.8. The molecular weight excluding hydrogens is 607 g/mol. The molecule has 0 bridgehead atoms. The van der Waals surface area contributed by atoms with Crippen LogP contribution < -0.4 is 0 Å². The molecular formula is C47H31N3. The predicted octanol–water partition coefficient (Wildman–Crippen LogP) is 12.3. The topological polar surface area (TPSA) is 22.8 Å². The highest BCUT2D eigenvalue weighted by Gasteiger charge is 2.25. The largest absolute Gasteiger partial charge is 0.307 e. The van der Waals surface area contributed by atoms with Gasteiger partial charge < -0.3 is 4.57 Å². The summed E-state index contributed by atoms with van der Waals surface area (Å²) in [4.78, 5) is 5.49. The number of para-hydroxylation sites is 3. The Kier molecular flexibility index (Phi) is 6.49. The van der Waals surface area contributed by atoms with E-state index in [2.05, 4.69) is 197 Å². The number of rotatable bonds is 5. The van der Waals surface area contributed by atoms with Gasteiger partial charge in [-0.2, -0.15) is 0 Å². The van der Waals surface area contributed by atoms with Crippen LogP contribution in [0.15, 0.2) is 188 Å². The molecule has 0 radical (unpaired) electrons. The standard InChI is InChI=1S/C47H31N3/c1-5-17-32(18-6-1)35-29-41(34-21-9-3-10-22-34)48-44(30-35)50-43-28-16-14-26-38(43)45-39(33-19-7-2-8-20-33)31-40-37-25-13-15-27-42(37)49(46(40)47(45)50)36-23-11-4-12-24-36/h1-31H. The molecule has 7 aromatic carbocycles. The van der Waals surface area contributed by atoms with E-state index in [1.807, 2.05) is 0 Å². The zero-order valence-electron chi connectivity index (χ0n) is 27.2. The highest BCUT2D eigenvalue weighted by Crippen LogP contribution is 2.46. The lowest BCUT2D eigenvalue weighted by molar-refractivity contribution is 1.08. The quantitative estimate of drug-likeness (QED) is 0.184. The van der Waals surface area contributed by atoms with Gasteiger partial charge in [0.05, 0.1) is 27.8 Å². The molecule has 0 unspecified atom stereocenters. The molecule has 3 heteroatoms. The average molecular weight is 638 g/mol. The minimum atomic E-state index is 0.882. The Balaban J connectivity index is 1.45. The molecule has 3 heterocycles. The van der Waals surface area contributed by atoms with E-state index in [0.717, 1.165) is 50.4 Å². The SMILES string of the molecule is c1ccc(-c2cc(-c3ccccc3)nc(-n3c4ccccc4c4c(-c5ccccc5)cc5c6ccccc6n(-c6ccccc6)c5c43)c2)cc1. The van der Waals surface area contributed by atoms with Gasteiger partial charge in [0.2, 0.25) is 0 Å².